The van der Waals surface area contributed by atoms with Gasteiger partial charge in [-0.2, -0.15) is 13.2 Å². The third-order valence-electron chi connectivity index (χ3n) is 2.08. The molecule has 0 saturated heterocycles. The Morgan fingerprint density at radius 3 is 2.50 bits per heavy atom. The van der Waals surface area contributed by atoms with Gasteiger partial charge in [-0.15, -0.1) is 0 Å². The average molecular weight is 233 g/mol. The molecule has 0 radical (unpaired) electrons. The molecule has 2 N–H and O–H groups in total. The van der Waals surface area contributed by atoms with Gasteiger partial charge in [0.2, 0.25) is 0 Å². The Morgan fingerprint density at radius 2 is 2.06 bits per heavy atom. The predicted molar refractivity (Wildman–Crippen MR) is 50.9 cm³/mol. The van der Waals surface area contributed by atoms with Crippen molar-refractivity contribution in [3.63, 3.8) is 0 Å². The van der Waals surface area contributed by atoms with Crippen molar-refractivity contribution >= 4 is 5.97 Å². The molecular formula is C10H10F3NO2. The Morgan fingerprint density at radius 1 is 1.44 bits per heavy atom. The van der Waals surface area contributed by atoms with Crippen LogP contribution in [0.15, 0.2) is 24.3 Å². The molecule has 0 aliphatic carbocycles. The standard InChI is InChI=1S/C10H10F3NO2/c1-14-8(9(15)16)6-3-2-4-7(5-6)10(11,12)13/h2-5,8,14H,1H3,(H,15,16). The zero-order valence-corrected chi connectivity index (χ0v) is 8.38. The van der Waals surface area contributed by atoms with Crippen molar-refractivity contribution < 1.29 is 23.1 Å². The highest BCUT2D eigenvalue weighted by atomic mass is 19.4. The summed E-state index contributed by atoms with van der Waals surface area (Å²) in [5, 5.41) is 11.2. The van der Waals surface area contributed by atoms with Crippen LogP contribution in [-0.4, -0.2) is 18.1 Å². The first-order chi connectivity index (χ1) is 7.36. The van der Waals surface area contributed by atoms with E-state index in [1.54, 1.807) is 0 Å². The van der Waals surface area contributed by atoms with Gasteiger partial charge in [0.15, 0.2) is 0 Å². The van der Waals surface area contributed by atoms with Gasteiger partial charge in [-0.25, -0.2) is 0 Å². The number of nitrogens with one attached hydrogen (secondary N) is 1. The fraction of sp³-hybridized carbons (Fsp3) is 0.300. The van der Waals surface area contributed by atoms with Crippen LogP contribution < -0.4 is 5.32 Å². The maximum atomic E-state index is 12.4. The Balaban J connectivity index is 3.11. The number of aliphatic carboxylic acids is 1. The summed E-state index contributed by atoms with van der Waals surface area (Å²) in [6.07, 6.45) is -4.47. The molecule has 0 amide bonds. The zero-order valence-electron chi connectivity index (χ0n) is 8.38. The van der Waals surface area contributed by atoms with Crippen LogP contribution in [0.1, 0.15) is 17.2 Å². The molecular weight excluding hydrogens is 223 g/mol. The number of benzene rings is 1. The van der Waals surface area contributed by atoms with Gasteiger partial charge in [-0.05, 0) is 24.7 Å². The molecule has 16 heavy (non-hydrogen) atoms. The van der Waals surface area contributed by atoms with Crippen LogP contribution in [0.2, 0.25) is 0 Å². The molecule has 0 aromatic heterocycles. The smallest absolute Gasteiger partial charge is 0.416 e. The van der Waals surface area contributed by atoms with Crippen molar-refractivity contribution in [1.29, 1.82) is 0 Å². The first kappa shape index (κ1) is 12.5. The fourth-order valence-corrected chi connectivity index (χ4v) is 1.33. The molecule has 0 bridgehead atoms. The molecule has 0 spiro atoms. The summed E-state index contributed by atoms with van der Waals surface area (Å²) < 4.78 is 37.1. The molecule has 0 aliphatic rings. The highest BCUT2D eigenvalue weighted by Crippen LogP contribution is 2.30. The van der Waals surface area contributed by atoms with Crippen molar-refractivity contribution in [3.8, 4) is 0 Å². The van der Waals surface area contributed by atoms with E-state index in [1.165, 1.54) is 19.2 Å². The van der Waals surface area contributed by atoms with Gasteiger partial charge in [-0.1, -0.05) is 12.1 Å². The Hall–Kier alpha value is -1.56. The summed E-state index contributed by atoms with van der Waals surface area (Å²) >= 11 is 0. The third kappa shape index (κ3) is 2.73. The van der Waals surface area contributed by atoms with E-state index in [9.17, 15) is 18.0 Å². The van der Waals surface area contributed by atoms with Crippen LogP contribution in [0.5, 0.6) is 0 Å². The minimum atomic E-state index is -4.47. The maximum Gasteiger partial charge on any atom is 0.416 e. The molecule has 0 heterocycles. The molecule has 0 aliphatic heterocycles. The number of carboxylic acids is 1. The highest BCUT2D eigenvalue weighted by Gasteiger charge is 2.31. The van der Waals surface area contributed by atoms with E-state index in [0.29, 0.717) is 0 Å². The SMILES string of the molecule is CNC(C(=O)O)c1cccc(C(F)(F)F)c1. The van der Waals surface area contributed by atoms with Gasteiger partial charge in [-0.3, -0.25) is 4.79 Å². The normalized spacial score (nSPS) is 13.5. The van der Waals surface area contributed by atoms with E-state index < -0.39 is 23.8 Å². The molecule has 6 heteroatoms. The molecule has 1 aromatic rings. The first-order valence-electron chi connectivity index (χ1n) is 4.43. The molecule has 0 saturated carbocycles. The van der Waals surface area contributed by atoms with Gasteiger partial charge in [0, 0.05) is 0 Å². The Bertz CT molecular complexity index is 390. The lowest BCUT2D eigenvalue weighted by atomic mass is 10.0. The van der Waals surface area contributed by atoms with E-state index in [4.69, 9.17) is 5.11 Å². The topological polar surface area (TPSA) is 49.3 Å². The predicted octanol–water partition coefficient (Wildman–Crippen LogP) is 2.05. The number of carboxylic acid groups (broad SMARTS) is 1. The van der Waals surface area contributed by atoms with Crippen molar-refractivity contribution in [2.45, 2.75) is 12.2 Å². The minimum Gasteiger partial charge on any atom is -0.480 e. The minimum absolute atomic E-state index is 0.0739. The lowest BCUT2D eigenvalue weighted by Crippen LogP contribution is -2.25. The third-order valence-corrected chi connectivity index (χ3v) is 2.08. The number of rotatable bonds is 3. The van der Waals surface area contributed by atoms with Crippen molar-refractivity contribution in [3.05, 3.63) is 35.4 Å². The summed E-state index contributed by atoms with van der Waals surface area (Å²) in [4.78, 5) is 10.7. The van der Waals surface area contributed by atoms with E-state index in [1.807, 2.05) is 0 Å². The summed E-state index contributed by atoms with van der Waals surface area (Å²) in [5.74, 6) is -1.22. The lowest BCUT2D eigenvalue weighted by Gasteiger charge is -2.13. The van der Waals surface area contributed by atoms with Crippen molar-refractivity contribution in [1.82, 2.24) is 5.32 Å². The van der Waals surface area contributed by atoms with Crippen LogP contribution in [0.25, 0.3) is 0 Å². The zero-order chi connectivity index (χ0) is 12.3. The number of hydrogen-bond acceptors (Lipinski definition) is 2. The van der Waals surface area contributed by atoms with E-state index in [0.717, 1.165) is 12.1 Å². The summed E-state index contributed by atoms with van der Waals surface area (Å²) in [6.45, 7) is 0. The summed E-state index contributed by atoms with van der Waals surface area (Å²) in [6, 6.07) is 3.12. The van der Waals surface area contributed by atoms with Gasteiger partial charge >= 0.3 is 12.1 Å². The van der Waals surface area contributed by atoms with Gasteiger partial charge in [0.05, 0.1) is 5.56 Å². The van der Waals surface area contributed by atoms with Crippen LogP contribution in [-0.2, 0) is 11.0 Å². The second-order valence-corrected chi connectivity index (χ2v) is 3.18. The van der Waals surface area contributed by atoms with Crippen LogP contribution >= 0.6 is 0 Å². The fourth-order valence-electron chi connectivity index (χ4n) is 1.33. The number of halogens is 3. The lowest BCUT2D eigenvalue weighted by molar-refractivity contribution is -0.140. The molecule has 88 valence electrons. The van der Waals surface area contributed by atoms with Gasteiger partial charge in [0.1, 0.15) is 6.04 Å². The second-order valence-electron chi connectivity index (χ2n) is 3.18. The summed E-state index contributed by atoms with van der Waals surface area (Å²) in [7, 11) is 1.37. The van der Waals surface area contributed by atoms with Crippen LogP contribution in [0, 0.1) is 0 Å². The highest BCUT2D eigenvalue weighted by molar-refractivity contribution is 5.75. The molecule has 1 unspecified atom stereocenters. The molecule has 3 nitrogen and oxygen atoms in total. The molecule has 0 fully saturated rings. The van der Waals surface area contributed by atoms with Crippen LogP contribution in [0.4, 0.5) is 13.2 Å². The van der Waals surface area contributed by atoms with Crippen LogP contribution in [0.3, 0.4) is 0 Å². The molecule has 1 atom stereocenters. The Labute approximate surface area is 89.9 Å². The van der Waals surface area contributed by atoms with E-state index >= 15 is 0 Å². The van der Waals surface area contributed by atoms with E-state index in [2.05, 4.69) is 5.32 Å². The van der Waals surface area contributed by atoms with Crippen molar-refractivity contribution in [2.24, 2.45) is 0 Å². The average Bonchev–Trinajstić information content (AvgIpc) is 2.17. The molecule has 1 aromatic carbocycles. The quantitative estimate of drug-likeness (QED) is 0.840. The van der Waals surface area contributed by atoms with Crippen molar-refractivity contribution in [2.75, 3.05) is 7.05 Å². The number of alkyl halides is 3. The second kappa shape index (κ2) is 4.52. The largest absolute Gasteiger partial charge is 0.480 e. The first-order valence-corrected chi connectivity index (χ1v) is 4.43. The molecule has 1 rings (SSSR count). The Kier molecular flexibility index (Phi) is 3.54. The van der Waals surface area contributed by atoms with Gasteiger partial charge < -0.3 is 10.4 Å². The van der Waals surface area contributed by atoms with E-state index in [-0.39, 0.29) is 5.56 Å². The number of hydrogen-bond donors (Lipinski definition) is 2. The number of carbonyl (C=O) groups is 1. The maximum absolute atomic E-state index is 12.4. The van der Waals surface area contributed by atoms with Gasteiger partial charge in [0.25, 0.3) is 0 Å². The monoisotopic (exact) mass is 233 g/mol. The number of likely N-dealkylation sites (N-methyl/N-ethyl adjacent to an activating group) is 1. The summed E-state index contributed by atoms with van der Waals surface area (Å²) in [5.41, 5.74) is -0.781.